The van der Waals surface area contributed by atoms with Gasteiger partial charge >= 0.3 is 0 Å². The van der Waals surface area contributed by atoms with Crippen molar-refractivity contribution in [3.05, 3.63) is 59.1 Å². The predicted octanol–water partition coefficient (Wildman–Crippen LogP) is 4.36. The highest BCUT2D eigenvalue weighted by molar-refractivity contribution is 6.30. The van der Waals surface area contributed by atoms with Crippen molar-refractivity contribution in [2.24, 2.45) is 4.99 Å². The first kappa shape index (κ1) is 17.5. The molecule has 3 aromatic rings. The van der Waals surface area contributed by atoms with E-state index in [0.29, 0.717) is 22.4 Å². The Kier molecular flexibility index (Phi) is 4.58. The Labute approximate surface area is 162 Å². The Morgan fingerprint density at radius 1 is 1.19 bits per heavy atom. The van der Waals surface area contributed by atoms with E-state index >= 15 is 0 Å². The van der Waals surface area contributed by atoms with Gasteiger partial charge in [0.15, 0.2) is 5.82 Å². The van der Waals surface area contributed by atoms with E-state index in [9.17, 15) is 4.79 Å². The second kappa shape index (κ2) is 7.04. The van der Waals surface area contributed by atoms with Crippen LogP contribution in [-0.2, 0) is 0 Å². The van der Waals surface area contributed by atoms with Crippen molar-refractivity contribution < 1.29 is 4.79 Å². The molecule has 7 heteroatoms. The monoisotopic (exact) mass is 381 g/mol. The molecule has 4 rings (SSSR count). The summed E-state index contributed by atoms with van der Waals surface area (Å²) in [5, 5.41) is 15.4. The lowest BCUT2D eigenvalue weighted by atomic mass is 9.79. The molecule has 1 aliphatic carbocycles. The van der Waals surface area contributed by atoms with Gasteiger partial charge in [0.05, 0.1) is 5.52 Å². The number of nitrogens with zero attached hydrogens (tertiary/aromatic N) is 2. The lowest BCUT2D eigenvalue weighted by molar-refractivity contribution is 0.100. The number of nitrogens with one attached hydrogen (secondary N) is 3. The highest BCUT2D eigenvalue weighted by atomic mass is 35.5. The third kappa shape index (κ3) is 3.80. The molecule has 1 saturated carbocycles. The van der Waals surface area contributed by atoms with Crippen molar-refractivity contribution in [3.63, 3.8) is 0 Å². The molecular formula is C20H20ClN5O. The van der Waals surface area contributed by atoms with Gasteiger partial charge in [0, 0.05) is 21.5 Å². The van der Waals surface area contributed by atoms with Gasteiger partial charge in [-0.2, -0.15) is 10.1 Å². The third-order valence-corrected chi connectivity index (χ3v) is 5.14. The number of benzene rings is 2. The maximum absolute atomic E-state index is 12.6. The van der Waals surface area contributed by atoms with Crippen LogP contribution in [0, 0.1) is 0 Å². The minimum absolute atomic E-state index is 0.0712. The van der Waals surface area contributed by atoms with E-state index in [-0.39, 0.29) is 11.4 Å². The number of halogens is 1. The van der Waals surface area contributed by atoms with E-state index in [1.54, 1.807) is 24.3 Å². The van der Waals surface area contributed by atoms with E-state index in [0.717, 1.165) is 30.2 Å². The van der Waals surface area contributed by atoms with Crippen LogP contribution in [0.4, 0.5) is 5.82 Å². The first-order chi connectivity index (χ1) is 13.0. The number of hydrogen-bond acceptors (Lipinski definition) is 2. The standard InChI is InChI=1S/C20H20ClN5O/c1-20(11-4-12-20)24-19(23-18(27)13-7-9-14(21)10-8-13)22-17-15-5-2-3-6-16(15)25-26-17/h2-3,5-10H,4,11-12H2,1H3,(H3,22,23,24,25,26,27). The quantitative estimate of drug-likeness (QED) is 0.465. The molecule has 1 aromatic heterocycles. The van der Waals surface area contributed by atoms with Gasteiger partial charge in [-0.05, 0) is 62.6 Å². The number of rotatable bonds is 3. The molecule has 0 saturated heterocycles. The number of carbonyl (C=O) groups excluding carboxylic acids is 1. The Bertz CT molecular complexity index is 1000. The molecule has 6 nitrogen and oxygen atoms in total. The van der Waals surface area contributed by atoms with Crippen LogP contribution in [0.1, 0.15) is 36.5 Å². The van der Waals surface area contributed by atoms with Gasteiger partial charge in [0.2, 0.25) is 5.96 Å². The summed E-state index contributed by atoms with van der Waals surface area (Å²) in [6.07, 6.45) is 3.22. The molecule has 0 bridgehead atoms. The first-order valence-corrected chi connectivity index (χ1v) is 9.27. The minimum Gasteiger partial charge on any atom is -0.351 e. The molecule has 1 heterocycles. The molecule has 0 aliphatic heterocycles. The van der Waals surface area contributed by atoms with Crippen LogP contribution in [-0.4, -0.2) is 27.6 Å². The maximum atomic E-state index is 12.6. The molecule has 1 fully saturated rings. The molecule has 0 radical (unpaired) electrons. The highest BCUT2D eigenvalue weighted by Gasteiger charge is 2.33. The smallest absolute Gasteiger partial charge is 0.280 e. The van der Waals surface area contributed by atoms with E-state index < -0.39 is 0 Å². The number of aromatic nitrogens is 2. The van der Waals surface area contributed by atoms with E-state index in [1.165, 1.54) is 0 Å². The molecule has 3 N–H and O–H groups in total. The average Bonchev–Trinajstić information content (AvgIpc) is 3.04. The fraction of sp³-hybridized carbons (Fsp3) is 0.250. The van der Waals surface area contributed by atoms with Crippen molar-refractivity contribution in [1.29, 1.82) is 0 Å². The molecule has 138 valence electrons. The summed E-state index contributed by atoms with van der Waals surface area (Å²) in [6.45, 7) is 2.13. The summed E-state index contributed by atoms with van der Waals surface area (Å²) in [4.78, 5) is 16.9. The number of aliphatic imine (C=N–C) groups is 1. The van der Waals surface area contributed by atoms with Gasteiger partial charge in [-0.3, -0.25) is 9.89 Å². The van der Waals surface area contributed by atoms with Crippen LogP contribution in [0.15, 0.2) is 53.5 Å². The second-order valence-corrected chi connectivity index (χ2v) is 7.49. The van der Waals surface area contributed by atoms with Crippen LogP contribution in [0.3, 0.4) is 0 Å². The van der Waals surface area contributed by atoms with Gasteiger partial charge in [0.1, 0.15) is 0 Å². The first-order valence-electron chi connectivity index (χ1n) is 8.89. The number of fused-ring (bicyclic) bond motifs is 1. The Morgan fingerprint density at radius 3 is 2.63 bits per heavy atom. The van der Waals surface area contributed by atoms with E-state index in [1.807, 2.05) is 24.3 Å². The molecule has 0 spiro atoms. The van der Waals surface area contributed by atoms with Gasteiger partial charge in [-0.15, -0.1) is 0 Å². The fourth-order valence-electron chi connectivity index (χ4n) is 3.13. The SMILES string of the molecule is CC1(N/C(=N/C(=O)c2ccc(Cl)cc2)Nc2n[nH]c3ccccc23)CCC1. The Morgan fingerprint density at radius 2 is 1.93 bits per heavy atom. The van der Waals surface area contributed by atoms with Crippen LogP contribution in [0.5, 0.6) is 0 Å². The number of anilines is 1. The number of hydrogen-bond donors (Lipinski definition) is 3. The maximum Gasteiger partial charge on any atom is 0.280 e. The molecule has 0 unspecified atom stereocenters. The Hall–Kier alpha value is -2.86. The minimum atomic E-state index is -0.343. The lowest BCUT2D eigenvalue weighted by Crippen LogP contribution is -2.53. The Balaban J connectivity index is 1.63. The molecule has 2 aromatic carbocycles. The van der Waals surface area contributed by atoms with Crippen molar-refractivity contribution >= 4 is 40.2 Å². The number of guanidine groups is 1. The molecule has 0 atom stereocenters. The van der Waals surface area contributed by atoms with Gasteiger partial charge in [0.25, 0.3) is 5.91 Å². The summed E-state index contributed by atoms with van der Waals surface area (Å²) in [5.74, 6) is 0.683. The number of H-pyrrole nitrogens is 1. The largest absolute Gasteiger partial charge is 0.351 e. The predicted molar refractivity (Wildman–Crippen MR) is 108 cm³/mol. The summed E-state index contributed by atoms with van der Waals surface area (Å²) >= 11 is 5.90. The van der Waals surface area contributed by atoms with Crippen LogP contribution < -0.4 is 10.6 Å². The number of aromatic amines is 1. The normalized spacial score (nSPS) is 16.0. The molecule has 1 amide bonds. The average molecular weight is 382 g/mol. The van der Waals surface area contributed by atoms with Crippen molar-refractivity contribution in [3.8, 4) is 0 Å². The van der Waals surface area contributed by atoms with Crippen LogP contribution in [0.25, 0.3) is 10.9 Å². The summed E-state index contributed by atoms with van der Waals surface area (Å²) in [6, 6.07) is 14.5. The summed E-state index contributed by atoms with van der Waals surface area (Å²) in [5.41, 5.74) is 1.32. The van der Waals surface area contributed by atoms with Gasteiger partial charge < -0.3 is 10.6 Å². The van der Waals surface area contributed by atoms with Gasteiger partial charge in [-0.25, -0.2) is 0 Å². The number of carbonyl (C=O) groups is 1. The van der Waals surface area contributed by atoms with Crippen LogP contribution in [0.2, 0.25) is 5.02 Å². The molecule has 27 heavy (non-hydrogen) atoms. The second-order valence-electron chi connectivity index (χ2n) is 7.05. The molecular weight excluding hydrogens is 362 g/mol. The van der Waals surface area contributed by atoms with E-state index in [2.05, 4.69) is 32.7 Å². The lowest BCUT2D eigenvalue weighted by Gasteiger charge is -2.40. The zero-order valence-corrected chi connectivity index (χ0v) is 15.7. The zero-order chi connectivity index (χ0) is 18.9. The van der Waals surface area contributed by atoms with Crippen molar-refractivity contribution in [1.82, 2.24) is 15.5 Å². The third-order valence-electron chi connectivity index (χ3n) is 4.89. The summed E-state index contributed by atoms with van der Waals surface area (Å²) in [7, 11) is 0. The van der Waals surface area contributed by atoms with Crippen molar-refractivity contribution in [2.75, 3.05) is 5.32 Å². The zero-order valence-electron chi connectivity index (χ0n) is 14.9. The van der Waals surface area contributed by atoms with Gasteiger partial charge in [-0.1, -0.05) is 23.7 Å². The van der Waals surface area contributed by atoms with E-state index in [4.69, 9.17) is 11.6 Å². The number of amides is 1. The highest BCUT2D eigenvalue weighted by Crippen LogP contribution is 2.31. The van der Waals surface area contributed by atoms with Crippen LogP contribution >= 0.6 is 11.6 Å². The summed E-state index contributed by atoms with van der Waals surface area (Å²) < 4.78 is 0. The topological polar surface area (TPSA) is 82.2 Å². The number of para-hydroxylation sites is 1. The van der Waals surface area contributed by atoms with Crippen molar-refractivity contribution in [2.45, 2.75) is 31.7 Å². The fourth-order valence-corrected chi connectivity index (χ4v) is 3.26. The molecule has 1 aliphatic rings.